The van der Waals surface area contributed by atoms with Crippen LogP contribution >= 0.6 is 0 Å². The van der Waals surface area contributed by atoms with Crippen LogP contribution in [0, 0.1) is 6.92 Å². The van der Waals surface area contributed by atoms with E-state index in [0.717, 1.165) is 34.0 Å². The van der Waals surface area contributed by atoms with Crippen molar-refractivity contribution in [2.75, 3.05) is 34.5 Å². The molecule has 3 rings (SSSR count). The van der Waals surface area contributed by atoms with E-state index >= 15 is 0 Å². The summed E-state index contributed by atoms with van der Waals surface area (Å²) in [5.74, 6) is 2.36. The number of nitrogens with one attached hydrogen (secondary N) is 2. The van der Waals surface area contributed by atoms with Crippen molar-refractivity contribution in [2.24, 2.45) is 4.99 Å². The van der Waals surface area contributed by atoms with Crippen LogP contribution in [0.4, 0.5) is 0 Å². The quantitative estimate of drug-likeness (QED) is 0.288. The fourth-order valence-electron chi connectivity index (χ4n) is 3.09. The van der Waals surface area contributed by atoms with Crippen molar-refractivity contribution < 1.29 is 14.2 Å². The van der Waals surface area contributed by atoms with Crippen LogP contribution < -0.4 is 20.1 Å². The fourth-order valence-corrected chi connectivity index (χ4v) is 3.09. The molecule has 0 unspecified atom stereocenters. The fraction of sp³-hybridized carbons (Fsp3) is 0.333. The number of aromatic nitrogens is 2. The maximum Gasteiger partial charge on any atom is 0.191 e. The van der Waals surface area contributed by atoms with Crippen molar-refractivity contribution in [1.29, 1.82) is 0 Å². The molecule has 0 aliphatic rings. The molecule has 1 aromatic heterocycles. The second kappa shape index (κ2) is 11.8. The van der Waals surface area contributed by atoms with Crippen LogP contribution in [0.3, 0.4) is 0 Å². The third-order valence-electron chi connectivity index (χ3n) is 4.86. The molecule has 170 valence electrons. The number of ether oxygens (including phenoxy) is 3. The van der Waals surface area contributed by atoms with Crippen LogP contribution in [0.25, 0.3) is 5.69 Å². The first-order chi connectivity index (χ1) is 15.6. The number of aryl methyl sites for hydroxylation is 1. The Morgan fingerprint density at radius 3 is 2.50 bits per heavy atom. The predicted octanol–water partition coefficient (Wildman–Crippen LogP) is 3.08. The highest BCUT2D eigenvalue weighted by Crippen LogP contribution is 2.20. The predicted molar refractivity (Wildman–Crippen MR) is 126 cm³/mol. The molecule has 0 spiro atoms. The number of aliphatic imine (C=N–C) groups is 1. The third-order valence-corrected chi connectivity index (χ3v) is 4.86. The lowest BCUT2D eigenvalue weighted by Crippen LogP contribution is -2.36. The molecule has 1 heterocycles. The molecule has 0 aliphatic carbocycles. The van der Waals surface area contributed by atoms with Gasteiger partial charge < -0.3 is 24.8 Å². The minimum absolute atomic E-state index is 0.511. The van der Waals surface area contributed by atoms with E-state index in [-0.39, 0.29) is 0 Å². The van der Waals surface area contributed by atoms with Crippen LogP contribution in [0.2, 0.25) is 0 Å². The molecule has 2 N–H and O–H groups in total. The largest absolute Gasteiger partial charge is 0.497 e. The first kappa shape index (κ1) is 23.1. The number of rotatable bonds is 10. The Bertz CT molecular complexity index is 1010. The monoisotopic (exact) mass is 437 g/mol. The molecule has 8 heteroatoms. The van der Waals surface area contributed by atoms with Gasteiger partial charge in [-0.05, 0) is 48.9 Å². The van der Waals surface area contributed by atoms with E-state index in [4.69, 9.17) is 14.2 Å². The lowest BCUT2D eigenvalue weighted by atomic mass is 10.1. The van der Waals surface area contributed by atoms with E-state index in [1.54, 1.807) is 21.3 Å². The Balaban J connectivity index is 1.55. The summed E-state index contributed by atoms with van der Waals surface area (Å²) in [5, 5.41) is 11.3. The van der Waals surface area contributed by atoms with Crippen molar-refractivity contribution in [3.63, 3.8) is 0 Å². The van der Waals surface area contributed by atoms with Crippen molar-refractivity contribution in [3.05, 3.63) is 71.5 Å². The average molecular weight is 438 g/mol. The summed E-state index contributed by atoms with van der Waals surface area (Å²) in [5.41, 5.74) is 4.08. The summed E-state index contributed by atoms with van der Waals surface area (Å²) in [6.45, 7) is 4.24. The normalized spacial score (nSPS) is 11.3. The minimum atomic E-state index is 0.511. The molecule has 0 amide bonds. The van der Waals surface area contributed by atoms with Crippen molar-refractivity contribution in [3.8, 4) is 17.2 Å². The molecule has 0 radical (unpaired) electrons. The van der Waals surface area contributed by atoms with Crippen LogP contribution in [0.5, 0.6) is 11.5 Å². The van der Waals surface area contributed by atoms with Crippen LogP contribution in [-0.4, -0.2) is 50.2 Å². The standard InChI is InChI=1S/C24H31N5O3/c1-18-5-6-19(23(15-18)32-14-13-30-3)16-26-24(25-2)27-17-20-11-12-29(28-20)21-7-9-22(31-4)10-8-21/h5-12,15H,13-14,16-17H2,1-4H3,(H2,25,26,27). The summed E-state index contributed by atoms with van der Waals surface area (Å²) in [6.07, 6.45) is 1.94. The van der Waals surface area contributed by atoms with Gasteiger partial charge in [-0.3, -0.25) is 4.99 Å². The van der Waals surface area contributed by atoms with E-state index in [2.05, 4.69) is 32.9 Å². The Hall–Kier alpha value is -3.52. The maximum absolute atomic E-state index is 5.87. The molecule has 3 aromatic rings. The molecular weight excluding hydrogens is 406 g/mol. The zero-order valence-corrected chi connectivity index (χ0v) is 19.1. The van der Waals surface area contributed by atoms with Gasteiger partial charge >= 0.3 is 0 Å². The van der Waals surface area contributed by atoms with Gasteiger partial charge in [-0.25, -0.2) is 4.68 Å². The van der Waals surface area contributed by atoms with Gasteiger partial charge in [0.25, 0.3) is 0 Å². The zero-order valence-electron chi connectivity index (χ0n) is 19.1. The summed E-state index contributed by atoms with van der Waals surface area (Å²) in [4.78, 5) is 4.31. The Kier molecular flexibility index (Phi) is 8.51. The topological polar surface area (TPSA) is 81.9 Å². The molecule has 0 fully saturated rings. The first-order valence-electron chi connectivity index (χ1n) is 10.5. The summed E-state index contributed by atoms with van der Waals surface area (Å²) < 4.78 is 18.0. The van der Waals surface area contributed by atoms with E-state index in [9.17, 15) is 0 Å². The summed E-state index contributed by atoms with van der Waals surface area (Å²) >= 11 is 0. The second-order valence-electron chi connectivity index (χ2n) is 7.18. The number of nitrogens with zero attached hydrogens (tertiary/aromatic N) is 3. The molecule has 2 aromatic carbocycles. The third kappa shape index (κ3) is 6.49. The van der Waals surface area contributed by atoms with E-state index in [1.165, 1.54) is 0 Å². The van der Waals surface area contributed by atoms with Crippen LogP contribution in [-0.2, 0) is 17.8 Å². The van der Waals surface area contributed by atoms with Gasteiger partial charge in [0, 0.05) is 32.5 Å². The highest BCUT2D eigenvalue weighted by Gasteiger charge is 2.07. The van der Waals surface area contributed by atoms with E-state index in [0.29, 0.717) is 32.3 Å². The molecule has 0 aliphatic heterocycles. The van der Waals surface area contributed by atoms with Crippen molar-refractivity contribution in [1.82, 2.24) is 20.4 Å². The summed E-state index contributed by atoms with van der Waals surface area (Å²) in [7, 11) is 5.07. The van der Waals surface area contributed by atoms with Gasteiger partial charge in [0.2, 0.25) is 0 Å². The van der Waals surface area contributed by atoms with Crippen molar-refractivity contribution >= 4 is 5.96 Å². The Labute approximate surface area is 189 Å². The lowest BCUT2D eigenvalue weighted by molar-refractivity contribution is 0.145. The Morgan fingerprint density at radius 1 is 1.00 bits per heavy atom. The smallest absolute Gasteiger partial charge is 0.191 e. The first-order valence-corrected chi connectivity index (χ1v) is 10.5. The number of hydrogen-bond acceptors (Lipinski definition) is 5. The van der Waals surface area contributed by atoms with Crippen molar-refractivity contribution in [2.45, 2.75) is 20.0 Å². The highest BCUT2D eigenvalue weighted by molar-refractivity contribution is 5.79. The molecule has 0 atom stereocenters. The maximum atomic E-state index is 5.87. The minimum Gasteiger partial charge on any atom is -0.497 e. The summed E-state index contributed by atoms with van der Waals surface area (Å²) in [6, 6.07) is 15.9. The second-order valence-corrected chi connectivity index (χ2v) is 7.18. The van der Waals surface area contributed by atoms with Gasteiger partial charge in [-0.2, -0.15) is 5.10 Å². The van der Waals surface area contributed by atoms with Crippen LogP contribution in [0.1, 0.15) is 16.8 Å². The van der Waals surface area contributed by atoms with Gasteiger partial charge in [0.05, 0.1) is 31.6 Å². The van der Waals surface area contributed by atoms with E-state index in [1.807, 2.05) is 54.2 Å². The molecule has 8 nitrogen and oxygen atoms in total. The van der Waals surface area contributed by atoms with E-state index < -0.39 is 0 Å². The number of hydrogen-bond donors (Lipinski definition) is 2. The zero-order chi connectivity index (χ0) is 22.8. The van der Waals surface area contributed by atoms with Gasteiger partial charge in [-0.15, -0.1) is 0 Å². The molecule has 0 saturated carbocycles. The van der Waals surface area contributed by atoms with Crippen LogP contribution in [0.15, 0.2) is 59.7 Å². The van der Waals surface area contributed by atoms with Gasteiger partial charge in [0.15, 0.2) is 5.96 Å². The molecular formula is C24H31N5O3. The number of guanidine groups is 1. The molecule has 0 saturated heterocycles. The average Bonchev–Trinajstić information content (AvgIpc) is 3.29. The lowest BCUT2D eigenvalue weighted by Gasteiger charge is -2.15. The number of benzene rings is 2. The molecule has 0 bridgehead atoms. The molecule has 32 heavy (non-hydrogen) atoms. The number of methoxy groups -OCH3 is 2. The van der Waals surface area contributed by atoms with Gasteiger partial charge in [-0.1, -0.05) is 12.1 Å². The Morgan fingerprint density at radius 2 is 1.78 bits per heavy atom. The van der Waals surface area contributed by atoms with Gasteiger partial charge in [0.1, 0.15) is 18.1 Å². The highest BCUT2D eigenvalue weighted by atomic mass is 16.5. The SMILES string of the molecule is CN=C(NCc1ccn(-c2ccc(OC)cc2)n1)NCc1ccc(C)cc1OCCOC.